The van der Waals surface area contributed by atoms with Crippen LogP contribution in [0.4, 0.5) is 5.82 Å². The number of hydrogen-bond donors (Lipinski definition) is 2. The van der Waals surface area contributed by atoms with E-state index >= 15 is 0 Å². The van der Waals surface area contributed by atoms with E-state index in [0.717, 1.165) is 55.0 Å². The number of fused-ring (bicyclic) bond motifs is 1. The molecule has 3 rings (SSSR count). The Morgan fingerprint density at radius 3 is 2.74 bits per heavy atom. The highest BCUT2D eigenvalue weighted by Gasteiger charge is 2.38. The molecule has 0 bridgehead atoms. The SMILES string of the molecule is COC1(c2nc3c(c(NN)n2)CCC3)CCOCC1. The van der Waals surface area contributed by atoms with E-state index in [9.17, 15) is 0 Å². The van der Waals surface area contributed by atoms with Crippen LogP contribution in [0, 0.1) is 0 Å². The van der Waals surface area contributed by atoms with Gasteiger partial charge in [0, 0.05) is 44.4 Å². The monoisotopic (exact) mass is 264 g/mol. The van der Waals surface area contributed by atoms with Gasteiger partial charge in [-0.1, -0.05) is 0 Å². The fraction of sp³-hybridized carbons (Fsp3) is 0.692. The Hall–Kier alpha value is -1.24. The Labute approximate surface area is 112 Å². The van der Waals surface area contributed by atoms with Crippen molar-refractivity contribution in [3.05, 3.63) is 17.1 Å². The summed E-state index contributed by atoms with van der Waals surface area (Å²) in [7, 11) is 1.72. The summed E-state index contributed by atoms with van der Waals surface area (Å²) in [6, 6.07) is 0. The number of aromatic nitrogens is 2. The van der Waals surface area contributed by atoms with Gasteiger partial charge in [0.15, 0.2) is 5.82 Å². The minimum atomic E-state index is -0.429. The Kier molecular flexibility index (Phi) is 3.38. The van der Waals surface area contributed by atoms with Crippen LogP contribution < -0.4 is 11.3 Å². The number of anilines is 1. The number of hydrazine groups is 1. The number of rotatable bonds is 3. The summed E-state index contributed by atoms with van der Waals surface area (Å²) in [6.07, 6.45) is 4.68. The van der Waals surface area contributed by atoms with Crippen LogP contribution in [-0.2, 0) is 27.9 Å². The molecule has 0 amide bonds. The first kappa shape index (κ1) is 12.8. The van der Waals surface area contributed by atoms with Gasteiger partial charge in [-0.3, -0.25) is 0 Å². The van der Waals surface area contributed by atoms with Crippen molar-refractivity contribution in [2.75, 3.05) is 25.7 Å². The average Bonchev–Trinajstić information content (AvgIpc) is 2.95. The molecule has 0 aromatic carbocycles. The highest BCUT2D eigenvalue weighted by Crippen LogP contribution is 2.36. The van der Waals surface area contributed by atoms with Crippen LogP contribution in [0.15, 0.2) is 0 Å². The fourth-order valence-electron chi connectivity index (χ4n) is 2.98. The lowest BCUT2D eigenvalue weighted by Gasteiger charge is -2.34. The van der Waals surface area contributed by atoms with Gasteiger partial charge in [-0.15, -0.1) is 0 Å². The second kappa shape index (κ2) is 5.03. The molecule has 0 radical (unpaired) electrons. The number of hydrogen-bond acceptors (Lipinski definition) is 6. The van der Waals surface area contributed by atoms with E-state index in [4.69, 9.17) is 20.3 Å². The number of ether oxygens (including phenoxy) is 2. The molecule has 0 atom stereocenters. The van der Waals surface area contributed by atoms with Crippen molar-refractivity contribution in [1.29, 1.82) is 0 Å². The maximum Gasteiger partial charge on any atom is 0.163 e. The van der Waals surface area contributed by atoms with Crippen molar-refractivity contribution in [3.8, 4) is 0 Å². The zero-order valence-corrected chi connectivity index (χ0v) is 11.2. The first-order chi connectivity index (χ1) is 9.29. The Bertz CT molecular complexity index is 472. The highest BCUT2D eigenvalue weighted by atomic mass is 16.5. The van der Waals surface area contributed by atoms with E-state index in [1.807, 2.05) is 0 Å². The van der Waals surface area contributed by atoms with Crippen LogP contribution >= 0.6 is 0 Å². The van der Waals surface area contributed by atoms with E-state index in [2.05, 4.69) is 10.4 Å². The standard InChI is InChI=1S/C13H20N4O2/c1-18-13(5-7-19-8-6-13)12-15-10-4-2-3-9(10)11(16-12)17-14/h2-8,14H2,1H3,(H,15,16,17). The normalized spacial score (nSPS) is 21.2. The van der Waals surface area contributed by atoms with Gasteiger partial charge in [0.2, 0.25) is 0 Å². The number of nitrogens with two attached hydrogens (primary N) is 1. The third kappa shape index (κ3) is 2.09. The van der Waals surface area contributed by atoms with Crippen molar-refractivity contribution in [3.63, 3.8) is 0 Å². The van der Waals surface area contributed by atoms with Crippen molar-refractivity contribution in [2.24, 2.45) is 5.84 Å². The van der Waals surface area contributed by atoms with Crippen LogP contribution in [0.2, 0.25) is 0 Å². The Balaban J connectivity index is 2.04. The molecular formula is C13H20N4O2. The van der Waals surface area contributed by atoms with Gasteiger partial charge in [0.25, 0.3) is 0 Å². The number of nitrogen functional groups attached to an aromatic ring is 1. The molecule has 104 valence electrons. The minimum absolute atomic E-state index is 0.429. The summed E-state index contributed by atoms with van der Waals surface area (Å²) < 4.78 is 11.2. The lowest BCUT2D eigenvalue weighted by molar-refractivity contribution is -0.1000. The smallest absolute Gasteiger partial charge is 0.163 e. The van der Waals surface area contributed by atoms with Gasteiger partial charge < -0.3 is 14.9 Å². The van der Waals surface area contributed by atoms with Crippen LogP contribution in [-0.4, -0.2) is 30.3 Å². The molecule has 2 aliphatic rings. The van der Waals surface area contributed by atoms with Gasteiger partial charge in [-0.25, -0.2) is 15.8 Å². The van der Waals surface area contributed by atoms with Gasteiger partial charge in [0.1, 0.15) is 11.4 Å². The second-order valence-corrected chi connectivity index (χ2v) is 5.13. The van der Waals surface area contributed by atoms with E-state index in [0.29, 0.717) is 13.2 Å². The summed E-state index contributed by atoms with van der Waals surface area (Å²) in [4.78, 5) is 9.34. The highest BCUT2D eigenvalue weighted by molar-refractivity contribution is 5.48. The summed E-state index contributed by atoms with van der Waals surface area (Å²) in [6.45, 7) is 1.36. The number of methoxy groups -OCH3 is 1. The third-order valence-corrected chi connectivity index (χ3v) is 4.17. The Morgan fingerprint density at radius 1 is 1.26 bits per heavy atom. The molecular weight excluding hydrogens is 244 g/mol. The molecule has 0 spiro atoms. The molecule has 1 aromatic heterocycles. The van der Waals surface area contributed by atoms with Gasteiger partial charge >= 0.3 is 0 Å². The molecule has 0 saturated carbocycles. The van der Waals surface area contributed by atoms with E-state index in [1.54, 1.807) is 7.11 Å². The summed E-state index contributed by atoms with van der Waals surface area (Å²) >= 11 is 0. The van der Waals surface area contributed by atoms with Gasteiger partial charge in [-0.2, -0.15) is 0 Å². The first-order valence-electron chi connectivity index (χ1n) is 6.79. The number of nitrogens with zero attached hydrogens (tertiary/aromatic N) is 2. The molecule has 19 heavy (non-hydrogen) atoms. The average molecular weight is 264 g/mol. The van der Waals surface area contributed by atoms with Crippen LogP contribution in [0.1, 0.15) is 36.3 Å². The molecule has 1 fully saturated rings. The van der Waals surface area contributed by atoms with Gasteiger partial charge in [0.05, 0.1) is 0 Å². The zero-order valence-electron chi connectivity index (χ0n) is 11.2. The lowest BCUT2D eigenvalue weighted by Crippen LogP contribution is -2.38. The third-order valence-electron chi connectivity index (χ3n) is 4.17. The lowest BCUT2D eigenvalue weighted by atomic mass is 9.92. The van der Waals surface area contributed by atoms with Crippen LogP contribution in [0.25, 0.3) is 0 Å². The summed E-state index contributed by atoms with van der Waals surface area (Å²) in [5.74, 6) is 7.09. The van der Waals surface area contributed by atoms with Crippen LogP contribution in [0.5, 0.6) is 0 Å². The van der Waals surface area contributed by atoms with E-state index in [1.165, 1.54) is 0 Å². The Morgan fingerprint density at radius 2 is 2.05 bits per heavy atom. The molecule has 1 saturated heterocycles. The number of aryl methyl sites for hydroxylation is 1. The largest absolute Gasteiger partial charge is 0.381 e. The maximum absolute atomic E-state index is 5.75. The predicted molar refractivity (Wildman–Crippen MR) is 70.6 cm³/mol. The van der Waals surface area contributed by atoms with Crippen molar-refractivity contribution in [1.82, 2.24) is 9.97 Å². The summed E-state index contributed by atoms with van der Waals surface area (Å²) in [5, 5.41) is 0. The summed E-state index contributed by atoms with van der Waals surface area (Å²) in [5.41, 5.74) is 4.55. The number of nitrogens with one attached hydrogen (secondary N) is 1. The molecule has 1 aliphatic heterocycles. The van der Waals surface area contributed by atoms with Crippen LogP contribution in [0.3, 0.4) is 0 Å². The topological polar surface area (TPSA) is 82.3 Å². The molecule has 6 heteroatoms. The molecule has 3 N–H and O–H groups in total. The first-order valence-corrected chi connectivity index (χ1v) is 6.79. The van der Waals surface area contributed by atoms with Crippen molar-refractivity contribution in [2.45, 2.75) is 37.7 Å². The molecule has 6 nitrogen and oxygen atoms in total. The van der Waals surface area contributed by atoms with Crippen molar-refractivity contribution >= 4 is 5.82 Å². The molecule has 1 aliphatic carbocycles. The predicted octanol–water partition coefficient (Wildman–Crippen LogP) is 0.903. The second-order valence-electron chi connectivity index (χ2n) is 5.13. The molecule has 2 heterocycles. The van der Waals surface area contributed by atoms with E-state index in [-0.39, 0.29) is 0 Å². The van der Waals surface area contributed by atoms with Crippen molar-refractivity contribution < 1.29 is 9.47 Å². The zero-order chi connectivity index (χ0) is 13.3. The molecule has 1 aromatic rings. The quantitative estimate of drug-likeness (QED) is 0.623. The van der Waals surface area contributed by atoms with E-state index < -0.39 is 5.60 Å². The fourth-order valence-corrected chi connectivity index (χ4v) is 2.98. The molecule has 0 unspecified atom stereocenters. The minimum Gasteiger partial charge on any atom is -0.381 e. The van der Waals surface area contributed by atoms with Gasteiger partial charge in [-0.05, 0) is 19.3 Å². The maximum atomic E-state index is 5.75.